The maximum absolute atomic E-state index is 13.6. The lowest BCUT2D eigenvalue weighted by atomic mass is 9.97. The van der Waals surface area contributed by atoms with Crippen molar-refractivity contribution in [3.8, 4) is 23.0 Å². The lowest BCUT2D eigenvalue weighted by molar-refractivity contribution is -0.122. The van der Waals surface area contributed by atoms with Gasteiger partial charge in [0, 0.05) is 28.3 Å². The molecule has 0 saturated heterocycles. The monoisotopic (exact) mass is 482 g/mol. The summed E-state index contributed by atoms with van der Waals surface area (Å²) in [7, 11) is 0. The lowest BCUT2D eigenvalue weighted by Crippen LogP contribution is -2.34. The number of benzene rings is 3. The van der Waals surface area contributed by atoms with Gasteiger partial charge in [-0.3, -0.25) is 9.59 Å². The van der Waals surface area contributed by atoms with E-state index in [-0.39, 0.29) is 18.1 Å². The zero-order chi connectivity index (χ0) is 24.4. The second-order valence-corrected chi connectivity index (χ2v) is 9.00. The first-order chi connectivity index (χ1) is 17.1. The molecule has 1 unspecified atom stereocenters. The van der Waals surface area contributed by atoms with Crippen LogP contribution in [0, 0.1) is 23.1 Å². The third-order valence-corrected chi connectivity index (χ3v) is 6.87. The van der Waals surface area contributed by atoms with E-state index in [1.807, 2.05) is 60.7 Å². The van der Waals surface area contributed by atoms with Gasteiger partial charge >= 0.3 is 0 Å². The third-order valence-electron chi connectivity index (χ3n) is 5.77. The van der Waals surface area contributed by atoms with Crippen molar-refractivity contribution in [2.24, 2.45) is 5.92 Å². The highest BCUT2D eigenvalue weighted by Gasteiger charge is 2.35. The Morgan fingerprint density at radius 2 is 1.77 bits per heavy atom. The summed E-state index contributed by atoms with van der Waals surface area (Å²) in [4.78, 5) is 27.3. The number of hydrogen-bond acceptors (Lipinski definition) is 5. The number of aromatic nitrogens is 2. The molecular formula is C27H19FN4O2S. The van der Waals surface area contributed by atoms with Gasteiger partial charge in [-0.1, -0.05) is 48.5 Å². The molecule has 0 spiro atoms. The Kier molecular flexibility index (Phi) is 6.17. The highest BCUT2D eigenvalue weighted by Crippen LogP contribution is 2.44. The molecule has 0 radical (unpaired) electrons. The molecule has 1 N–H and O–H groups in total. The number of hydrogen-bond donors (Lipinski definition) is 1. The minimum Gasteiger partial charge on any atom is -0.350 e. The number of Topliss-reactive ketones (excluding diaryl/α,β-unsaturated/α-hetero) is 1. The van der Waals surface area contributed by atoms with Gasteiger partial charge in [-0.05, 0) is 35.9 Å². The van der Waals surface area contributed by atoms with Crippen LogP contribution in [0.1, 0.15) is 21.6 Å². The molecule has 2 heterocycles. The van der Waals surface area contributed by atoms with Crippen LogP contribution in [0.25, 0.3) is 16.9 Å². The fourth-order valence-electron chi connectivity index (χ4n) is 4.03. The minimum atomic E-state index is -1.54. The smallest absolute Gasteiger partial charge is 0.245 e. The molecule has 0 bridgehead atoms. The van der Waals surface area contributed by atoms with E-state index >= 15 is 0 Å². The van der Waals surface area contributed by atoms with E-state index in [4.69, 9.17) is 0 Å². The number of nitriles is 1. The van der Waals surface area contributed by atoms with Crippen LogP contribution in [0.15, 0.2) is 83.8 Å². The summed E-state index contributed by atoms with van der Waals surface area (Å²) in [5.74, 6) is -2.80. The summed E-state index contributed by atoms with van der Waals surface area (Å²) in [6.07, 6.45) is 0. The summed E-state index contributed by atoms with van der Waals surface area (Å²) in [5, 5.41) is 17.0. The normalized spacial score (nSPS) is 12.7. The highest BCUT2D eigenvalue weighted by atomic mass is 32.2. The zero-order valence-electron chi connectivity index (χ0n) is 18.4. The highest BCUT2D eigenvalue weighted by molar-refractivity contribution is 7.98. The second-order valence-electron chi connectivity index (χ2n) is 7.98. The van der Waals surface area contributed by atoms with Crippen molar-refractivity contribution in [2.45, 2.75) is 17.2 Å². The molecule has 1 aromatic heterocycles. The van der Waals surface area contributed by atoms with Crippen LogP contribution < -0.4 is 5.32 Å². The van der Waals surface area contributed by atoms with E-state index in [1.165, 1.54) is 12.1 Å². The van der Waals surface area contributed by atoms with Gasteiger partial charge < -0.3 is 5.32 Å². The molecule has 3 aromatic carbocycles. The van der Waals surface area contributed by atoms with Crippen LogP contribution >= 0.6 is 11.8 Å². The molecule has 4 aromatic rings. The molecule has 6 nitrogen and oxygen atoms in total. The van der Waals surface area contributed by atoms with Crippen molar-refractivity contribution in [3.63, 3.8) is 0 Å². The van der Waals surface area contributed by atoms with Crippen LogP contribution in [-0.2, 0) is 17.1 Å². The predicted octanol–water partition coefficient (Wildman–Crippen LogP) is 4.92. The third kappa shape index (κ3) is 4.34. The van der Waals surface area contributed by atoms with Crippen molar-refractivity contribution in [1.82, 2.24) is 15.1 Å². The molecule has 35 heavy (non-hydrogen) atoms. The van der Waals surface area contributed by atoms with E-state index in [0.717, 1.165) is 16.0 Å². The second kappa shape index (κ2) is 9.57. The van der Waals surface area contributed by atoms with Gasteiger partial charge in [0.1, 0.15) is 11.5 Å². The summed E-state index contributed by atoms with van der Waals surface area (Å²) in [5.41, 5.74) is 3.75. The number of nitrogens with zero attached hydrogens (tertiary/aromatic N) is 3. The molecule has 0 fully saturated rings. The first-order valence-electron chi connectivity index (χ1n) is 10.9. The Labute approximate surface area is 205 Å². The van der Waals surface area contributed by atoms with E-state index in [1.54, 1.807) is 28.6 Å². The van der Waals surface area contributed by atoms with Crippen LogP contribution in [0.2, 0.25) is 0 Å². The molecule has 1 aliphatic heterocycles. The van der Waals surface area contributed by atoms with Crippen molar-refractivity contribution < 1.29 is 14.0 Å². The maximum atomic E-state index is 13.6. The van der Waals surface area contributed by atoms with Gasteiger partial charge in [-0.2, -0.15) is 10.4 Å². The molecule has 5 rings (SSSR count). The van der Waals surface area contributed by atoms with Gasteiger partial charge in [-0.25, -0.2) is 9.07 Å². The van der Waals surface area contributed by atoms with Gasteiger partial charge in [-0.15, -0.1) is 11.8 Å². The topological polar surface area (TPSA) is 87.8 Å². The minimum absolute atomic E-state index is 0.0766. The van der Waals surface area contributed by atoms with Crippen molar-refractivity contribution in [3.05, 3.63) is 102 Å². The molecule has 8 heteroatoms. The molecule has 1 atom stereocenters. The largest absolute Gasteiger partial charge is 0.350 e. The summed E-state index contributed by atoms with van der Waals surface area (Å²) >= 11 is 1.56. The number of carbonyl (C=O) groups is 2. The van der Waals surface area contributed by atoms with E-state index < -0.39 is 17.6 Å². The summed E-state index contributed by atoms with van der Waals surface area (Å²) in [6.45, 7) is 0.205. The van der Waals surface area contributed by atoms with Crippen LogP contribution in [0.5, 0.6) is 0 Å². The van der Waals surface area contributed by atoms with Crippen molar-refractivity contribution in [2.75, 3.05) is 0 Å². The van der Waals surface area contributed by atoms with Gasteiger partial charge in [0.15, 0.2) is 5.92 Å². The van der Waals surface area contributed by atoms with Crippen LogP contribution in [-0.4, -0.2) is 21.5 Å². The number of rotatable bonds is 6. The number of carbonyl (C=O) groups excluding carboxylic acids is 2. The van der Waals surface area contributed by atoms with Crippen LogP contribution in [0.3, 0.4) is 0 Å². The quantitative estimate of drug-likeness (QED) is 0.311. The van der Waals surface area contributed by atoms with Crippen LogP contribution in [0.4, 0.5) is 4.39 Å². The maximum Gasteiger partial charge on any atom is 0.245 e. The molecule has 0 saturated carbocycles. The first kappa shape index (κ1) is 22.6. The van der Waals surface area contributed by atoms with E-state index in [9.17, 15) is 19.2 Å². The first-order valence-corrected chi connectivity index (χ1v) is 11.9. The average molecular weight is 483 g/mol. The molecule has 172 valence electrons. The predicted molar refractivity (Wildman–Crippen MR) is 130 cm³/mol. The molecule has 1 amide bonds. The van der Waals surface area contributed by atoms with Gasteiger partial charge in [0.2, 0.25) is 11.7 Å². The van der Waals surface area contributed by atoms with Gasteiger partial charge in [0.25, 0.3) is 0 Å². The Balaban J connectivity index is 1.53. The summed E-state index contributed by atoms with van der Waals surface area (Å²) < 4.78 is 15.2. The number of fused-ring (bicyclic) bond motifs is 3. The number of thioether (sulfide) groups is 1. The van der Waals surface area contributed by atoms with E-state index in [0.29, 0.717) is 22.7 Å². The fourth-order valence-corrected chi connectivity index (χ4v) is 5.10. The standard InChI is InChI=1S/C27H19FN4O2S/c28-18-10-12-19(13-11-18)32-25-20-8-4-5-9-23(20)35-16-22(25)24(31-32)26(33)21(14-29)27(34)30-15-17-6-2-1-3-7-17/h1-13,21H,15-16H2,(H,30,34). The Morgan fingerprint density at radius 1 is 1.06 bits per heavy atom. The molecule has 0 aliphatic carbocycles. The zero-order valence-corrected chi connectivity index (χ0v) is 19.3. The Morgan fingerprint density at radius 3 is 2.51 bits per heavy atom. The number of ketones is 1. The lowest BCUT2D eigenvalue weighted by Gasteiger charge is -2.18. The molecular weight excluding hydrogens is 463 g/mol. The Bertz CT molecular complexity index is 1460. The number of nitrogens with one attached hydrogen (secondary N) is 1. The summed E-state index contributed by atoms with van der Waals surface area (Å²) in [6, 6.07) is 24.7. The van der Waals surface area contributed by atoms with Gasteiger partial charge in [0.05, 0.1) is 17.5 Å². The van der Waals surface area contributed by atoms with Crippen molar-refractivity contribution in [1.29, 1.82) is 5.26 Å². The average Bonchev–Trinajstić information content (AvgIpc) is 3.29. The fraction of sp³-hybridized carbons (Fsp3) is 0.111. The number of amides is 1. The number of halogens is 1. The van der Waals surface area contributed by atoms with Crippen molar-refractivity contribution >= 4 is 23.5 Å². The Hall–Kier alpha value is -4.22. The van der Waals surface area contributed by atoms with E-state index in [2.05, 4.69) is 10.4 Å². The molecule has 1 aliphatic rings. The SMILES string of the molecule is N#CC(C(=O)NCc1ccccc1)C(=O)c1nn(-c2ccc(F)cc2)c2c1CSc1ccccc1-2.